The average Bonchev–Trinajstić information content (AvgIpc) is 3.59. The quantitative estimate of drug-likeness (QED) is 0.167. The predicted molar refractivity (Wildman–Crippen MR) is 202 cm³/mol. The van der Waals surface area contributed by atoms with Gasteiger partial charge in [0.25, 0.3) is 0 Å². The van der Waals surface area contributed by atoms with Crippen LogP contribution in [0.3, 0.4) is 0 Å². The van der Waals surface area contributed by atoms with Gasteiger partial charge in [0.1, 0.15) is 11.2 Å². The van der Waals surface area contributed by atoms with Crippen LogP contribution in [0.15, 0.2) is 161 Å². The van der Waals surface area contributed by atoms with Gasteiger partial charge in [-0.25, -0.2) is 34.1 Å². The average molecular weight is 672 g/mol. The normalized spacial score (nSPS) is 11.5. The van der Waals surface area contributed by atoms with E-state index in [0.717, 1.165) is 38.4 Å². The van der Waals surface area contributed by atoms with E-state index in [0.29, 0.717) is 57.0 Å². The summed E-state index contributed by atoms with van der Waals surface area (Å²) in [5, 5.41) is 2.49. The van der Waals surface area contributed by atoms with Crippen LogP contribution in [0.1, 0.15) is 0 Å². The van der Waals surface area contributed by atoms with Crippen LogP contribution < -0.4 is 5.69 Å². The number of nitrogens with zero attached hydrogens (tertiary/aromatic N) is 7. The van der Waals surface area contributed by atoms with E-state index in [2.05, 4.69) is 4.98 Å². The Bertz CT molecular complexity index is 2980. The molecule has 0 saturated heterocycles. The lowest BCUT2D eigenvalue weighted by Crippen LogP contribution is -2.22. The molecule has 52 heavy (non-hydrogen) atoms. The number of hydrogen-bond acceptors (Lipinski definition) is 8. The van der Waals surface area contributed by atoms with E-state index >= 15 is 0 Å². The molecule has 0 N–H and O–H groups in total. The van der Waals surface area contributed by atoms with Crippen molar-refractivity contribution in [2.75, 3.05) is 0 Å². The van der Waals surface area contributed by atoms with Crippen molar-refractivity contribution in [3.8, 4) is 56.9 Å². The second kappa shape index (κ2) is 11.9. The Kier molecular flexibility index (Phi) is 6.75. The van der Waals surface area contributed by atoms with Crippen LogP contribution >= 0.6 is 0 Å². The highest BCUT2D eigenvalue weighted by molar-refractivity contribution is 6.12. The van der Waals surface area contributed by atoms with E-state index in [1.807, 2.05) is 152 Å². The largest absolute Gasteiger partial charge is 0.456 e. The Morgan fingerprint density at radius 1 is 0.442 bits per heavy atom. The van der Waals surface area contributed by atoms with Gasteiger partial charge in [0, 0.05) is 44.0 Å². The number of furan rings is 1. The third-order valence-electron chi connectivity index (χ3n) is 9.13. The number of fused-ring (bicyclic) bond motifs is 6. The Hall–Kier alpha value is -7.39. The molecule has 0 atom stereocenters. The molecule has 0 spiro atoms. The SMILES string of the molecule is O=c1nc(-c2ccccc2)nc2c3ccccc3nc(-c3ccc4c(c3)oc3cccc(-c5nc(-c6ccccc6)nc(-c6ccccc6)n5)c34)n12. The third kappa shape index (κ3) is 4.91. The maximum absolute atomic E-state index is 13.8. The fraction of sp³-hybridized carbons (Fsp3) is 0. The topological polar surface area (TPSA) is 112 Å². The molecule has 0 saturated carbocycles. The highest BCUT2D eigenvalue weighted by atomic mass is 16.3. The van der Waals surface area contributed by atoms with Gasteiger partial charge < -0.3 is 4.42 Å². The summed E-state index contributed by atoms with van der Waals surface area (Å²) in [6.07, 6.45) is 0. The second-order valence-corrected chi connectivity index (χ2v) is 12.3. The third-order valence-corrected chi connectivity index (χ3v) is 9.13. The van der Waals surface area contributed by atoms with Crippen LogP contribution in [0.2, 0.25) is 0 Å². The van der Waals surface area contributed by atoms with Crippen molar-refractivity contribution >= 4 is 38.5 Å². The van der Waals surface area contributed by atoms with Gasteiger partial charge in [0.15, 0.2) is 34.8 Å². The molecular weight excluding hydrogens is 647 g/mol. The molecule has 0 aliphatic rings. The minimum Gasteiger partial charge on any atom is -0.456 e. The highest BCUT2D eigenvalue weighted by Gasteiger charge is 2.20. The van der Waals surface area contributed by atoms with Crippen molar-refractivity contribution in [3.05, 3.63) is 162 Å². The smallest absolute Gasteiger partial charge is 0.357 e. The van der Waals surface area contributed by atoms with Gasteiger partial charge in [-0.3, -0.25) is 0 Å². The van der Waals surface area contributed by atoms with Gasteiger partial charge in [-0.1, -0.05) is 121 Å². The van der Waals surface area contributed by atoms with E-state index in [-0.39, 0.29) is 0 Å². The fourth-order valence-corrected chi connectivity index (χ4v) is 6.69. The summed E-state index contributed by atoms with van der Waals surface area (Å²) in [7, 11) is 0. The maximum Gasteiger partial charge on any atom is 0.357 e. The predicted octanol–water partition coefficient (Wildman–Crippen LogP) is 9.06. The summed E-state index contributed by atoms with van der Waals surface area (Å²) >= 11 is 0. The van der Waals surface area contributed by atoms with Crippen LogP contribution in [0.5, 0.6) is 0 Å². The van der Waals surface area contributed by atoms with Gasteiger partial charge in [0.2, 0.25) is 0 Å². The lowest BCUT2D eigenvalue weighted by Gasteiger charge is -2.11. The van der Waals surface area contributed by atoms with Crippen molar-refractivity contribution in [2.24, 2.45) is 0 Å². The van der Waals surface area contributed by atoms with Gasteiger partial charge in [-0.2, -0.15) is 4.98 Å². The van der Waals surface area contributed by atoms with E-state index in [1.165, 1.54) is 4.40 Å². The first-order chi connectivity index (χ1) is 25.7. The monoisotopic (exact) mass is 671 g/mol. The second-order valence-electron chi connectivity index (χ2n) is 12.3. The van der Waals surface area contributed by atoms with E-state index in [9.17, 15) is 4.79 Å². The summed E-state index contributed by atoms with van der Waals surface area (Å²) in [6, 6.07) is 48.7. The summed E-state index contributed by atoms with van der Waals surface area (Å²) in [5.74, 6) is 2.46. The zero-order valence-corrected chi connectivity index (χ0v) is 27.4. The Labute approximate surface area is 295 Å². The summed E-state index contributed by atoms with van der Waals surface area (Å²) in [6.45, 7) is 0. The molecular formula is C43H25N7O2. The van der Waals surface area contributed by atoms with Gasteiger partial charge >= 0.3 is 5.69 Å². The van der Waals surface area contributed by atoms with E-state index in [1.54, 1.807) is 0 Å². The van der Waals surface area contributed by atoms with Crippen LogP contribution in [0.4, 0.5) is 0 Å². The zero-order valence-electron chi connectivity index (χ0n) is 27.4. The van der Waals surface area contributed by atoms with Crippen LogP contribution in [0, 0.1) is 0 Å². The number of para-hydroxylation sites is 1. The zero-order chi connectivity index (χ0) is 34.6. The summed E-state index contributed by atoms with van der Waals surface area (Å²) < 4.78 is 7.97. The van der Waals surface area contributed by atoms with Crippen molar-refractivity contribution in [1.29, 1.82) is 0 Å². The lowest BCUT2D eigenvalue weighted by atomic mass is 10.0. The molecule has 9 nitrogen and oxygen atoms in total. The van der Waals surface area contributed by atoms with Gasteiger partial charge in [-0.15, -0.1) is 0 Å². The molecule has 6 aromatic carbocycles. The minimum absolute atomic E-state index is 0.359. The molecule has 0 unspecified atom stereocenters. The number of hydrogen-bond donors (Lipinski definition) is 0. The molecule has 10 aromatic rings. The first-order valence-corrected chi connectivity index (χ1v) is 16.8. The summed E-state index contributed by atoms with van der Waals surface area (Å²) in [4.78, 5) is 42.8. The molecule has 4 aromatic heterocycles. The Balaban J connectivity index is 1.17. The first kappa shape index (κ1) is 29.5. The standard InChI is InChI=1S/C43H25N7O2/c51-43-49-39(28-17-8-3-9-18-28)48-42-30-19-10-11-21-33(30)44-41(50(42)43)29-23-24-31-35(25-29)52-34-22-12-20-32(36(31)34)40-46-37(26-13-4-1-5-14-26)45-38(47-40)27-15-6-2-7-16-27/h1-25H. The molecule has 10 rings (SSSR count). The molecule has 0 aliphatic carbocycles. The van der Waals surface area contributed by atoms with Crippen LogP contribution in [-0.2, 0) is 0 Å². The van der Waals surface area contributed by atoms with Crippen LogP contribution in [0.25, 0.3) is 95.4 Å². The molecule has 244 valence electrons. The van der Waals surface area contributed by atoms with Crippen molar-refractivity contribution < 1.29 is 4.42 Å². The number of benzene rings is 6. The molecule has 9 heteroatoms. The lowest BCUT2D eigenvalue weighted by molar-refractivity contribution is 0.669. The molecule has 0 amide bonds. The fourth-order valence-electron chi connectivity index (χ4n) is 6.69. The molecule has 0 fully saturated rings. The van der Waals surface area contributed by atoms with E-state index < -0.39 is 5.69 Å². The van der Waals surface area contributed by atoms with Crippen LogP contribution in [-0.4, -0.2) is 34.3 Å². The Morgan fingerprint density at radius 3 is 1.71 bits per heavy atom. The number of rotatable bonds is 5. The molecule has 4 heterocycles. The van der Waals surface area contributed by atoms with Crippen molar-refractivity contribution in [2.45, 2.75) is 0 Å². The van der Waals surface area contributed by atoms with Crippen molar-refractivity contribution in [1.82, 2.24) is 34.3 Å². The van der Waals surface area contributed by atoms with Crippen molar-refractivity contribution in [3.63, 3.8) is 0 Å². The van der Waals surface area contributed by atoms with Gasteiger partial charge in [0.05, 0.1) is 5.52 Å². The van der Waals surface area contributed by atoms with Gasteiger partial charge in [-0.05, 0) is 30.3 Å². The minimum atomic E-state index is -0.470. The van der Waals surface area contributed by atoms with E-state index in [4.69, 9.17) is 29.3 Å². The number of aromatic nitrogens is 7. The molecule has 0 bridgehead atoms. The highest BCUT2D eigenvalue weighted by Crippen LogP contribution is 2.38. The molecule has 0 aliphatic heterocycles. The Morgan fingerprint density at radius 2 is 1.04 bits per heavy atom. The maximum atomic E-state index is 13.8. The summed E-state index contributed by atoms with van der Waals surface area (Å²) in [5.41, 5.74) is 6.05. The molecule has 0 radical (unpaired) electrons. The first-order valence-electron chi connectivity index (χ1n) is 16.8.